The Morgan fingerprint density at radius 2 is 2.38 bits per heavy atom. The number of hydrogen-bond donors (Lipinski definition) is 2. The van der Waals surface area contributed by atoms with E-state index in [1.54, 1.807) is 0 Å². The topological polar surface area (TPSA) is 59.0 Å². The molecule has 1 aromatic rings. The van der Waals surface area contributed by atoms with Gasteiger partial charge in [-0.2, -0.15) is 5.10 Å². The highest BCUT2D eigenvalue weighted by atomic mass is 16.2. The van der Waals surface area contributed by atoms with Gasteiger partial charge in [-0.25, -0.2) is 0 Å². The molecule has 0 saturated heterocycles. The van der Waals surface area contributed by atoms with Gasteiger partial charge in [-0.05, 0) is 13.3 Å². The Bertz CT molecular complexity index is 437. The van der Waals surface area contributed by atoms with Crippen LogP contribution in [0.4, 0.5) is 0 Å². The van der Waals surface area contributed by atoms with Gasteiger partial charge in [0, 0.05) is 37.7 Å². The Hall–Kier alpha value is -1.36. The molecule has 2 aliphatic rings. The third-order valence-corrected chi connectivity index (χ3v) is 3.31. The van der Waals surface area contributed by atoms with Crippen LogP contribution in [-0.2, 0) is 19.5 Å². The normalized spacial score (nSPS) is 24.3. The van der Waals surface area contributed by atoms with Gasteiger partial charge in [0.05, 0.1) is 5.69 Å². The van der Waals surface area contributed by atoms with Gasteiger partial charge in [0.15, 0.2) is 0 Å². The minimum Gasteiger partial charge on any atom is -0.351 e. The van der Waals surface area contributed by atoms with E-state index < -0.39 is 0 Å². The predicted molar refractivity (Wildman–Crippen MR) is 59.2 cm³/mol. The fraction of sp³-hybridized carbons (Fsp3) is 0.636. The highest BCUT2D eigenvalue weighted by molar-refractivity contribution is 5.94. The minimum absolute atomic E-state index is 0.0302. The molecule has 1 atom stereocenters. The molecular formula is C11H16N4O. The third-order valence-electron chi connectivity index (χ3n) is 3.31. The maximum absolute atomic E-state index is 11.9. The van der Waals surface area contributed by atoms with Crippen molar-refractivity contribution in [3.8, 4) is 0 Å². The number of rotatable bonds is 0. The second-order valence-corrected chi connectivity index (χ2v) is 4.59. The second kappa shape index (κ2) is 3.59. The van der Waals surface area contributed by atoms with Crippen molar-refractivity contribution in [2.24, 2.45) is 0 Å². The van der Waals surface area contributed by atoms with Gasteiger partial charge in [-0.15, -0.1) is 0 Å². The van der Waals surface area contributed by atoms with Crippen LogP contribution in [0.5, 0.6) is 0 Å². The van der Waals surface area contributed by atoms with Crippen molar-refractivity contribution in [2.75, 3.05) is 6.54 Å². The smallest absolute Gasteiger partial charge is 0.269 e. The zero-order valence-corrected chi connectivity index (χ0v) is 9.42. The number of nitrogens with one attached hydrogen (secondary N) is 2. The average molecular weight is 220 g/mol. The number of amides is 1. The SMILES string of the molecule is C[C@@H]1Cc2nn3c(c2CN1)C(=O)NCCC3. The minimum atomic E-state index is 0.0302. The summed E-state index contributed by atoms with van der Waals surface area (Å²) in [6.07, 6.45) is 1.88. The lowest BCUT2D eigenvalue weighted by Crippen LogP contribution is -2.34. The molecule has 5 heteroatoms. The van der Waals surface area contributed by atoms with Crippen LogP contribution in [0.1, 0.15) is 35.1 Å². The van der Waals surface area contributed by atoms with E-state index in [2.05, 4.69) is 22.7 Å². The molecule has 5 nitrogen and oxygen atoms in total. The number of carbonyl (C=O) groups excluding carboxylic acids is 1. The zero-order chi connectivity index (χ0) is 11.1. The molecule has 0 radical (unpaired) electrons. The van der Waals surface area contributed by atoms with Crippen molar-refractivity contribution >= 4 is 5.91 Å². The van der Waals surface area contributed by atoms with E-state index in [1.807, 2.05) is 4.68 Å². The standard InChI is InChI=1S/C11H16N4O/c1-7-5-9-8(6-13-7)10-11(16)12-3-2-4-15(10)14-9/h7,13H,2-6H2,1H3,(H,12,16)/t7-/m1/s1. The molecule has 0 aromatic carbocycles. The molecule has 0 saturated carbocycles. The van der Waals surface area contributed by atoms with Gasteiger partial charge >= 0.3 is 0 Å². The molecule has 3 rings (SSSR count). The van der Waals surface area contributed by atoms with E-state index in [4.69, 9.17) is 0 Å². The first-order valence-corrected chi connectivity index (χ1v) is 5.86. The summed E-state index contributed by atoms with van der Waals surface area (Å²) in [5, 5.41) is 10.9. The van der Waals surface area contributed by atoms with Crippen molar-refractivity contribution in [1.29, 1.82) is 0 Å². The molecule has 86 valence electrons. The summed E-state index contributed by atoms with van der Waals surface area (Å²) < 4.78 is 1.88. The maximum atomic E-state index is 11.9. The number of fused-ring (bicyclic) bond motifs is 3. The van der Waals surface area contributed by atoms with E-state index in [9.17, 15) is 4.79 Å². The average Bonchev–Trinajstić information content (AvgIpc) is 2.51. The van der Waals surface area contributed by atoms with Crippen LogP contribution in [0, 0.1) is 0 Å². The van der Waals surface area contributed by atoms with Gasteiger partial charge in [0.1, 0.15) is 5.69 Å². The zero-order valence-electron chi connectivity index (χ0n) is 9.42. The number of carbonyl (C=O) groups is 1. The van der Waals surface area contributed by atoms with Crippen LogP contribution in [0.25, 0.3) is 0 Å². The molecule has 0 fully saturated rings. The van der Waals surface area contributed by atoms with Crippen molar-refractivity contribution in [2.45, 2.75) is 38.9 Å². The van der Waals surface area contributed by atoms with Crippen LogP contribution in [-0.4, -0.2) is 28.3 Å². The summed E-state index contributed by atoms with van der Waals surface area (Å²) in [5.74, 6) is 0.0302. The monoisotopic (exact) mass is 220 g/mol. The Labute approximate surface area is 94.2 Å². The highest BCUT2D eigenvalue weighted by Crippen LogP contribution is 2.21. The molecule has 1 aromatic heterocycles. The molecule has 0 bridgehead atoms. The largest absolute Gasteiger partial charge is 0.351 e. The lowest BCUT2D eigenvalue weighted by molar-refractivity contribution is 0.0949. The van der Waals surface area contributed by atoms with E-state index in [-0.39, 0.29) is 5.91 Å². The van der Waals surface area contributed by atoms with Crippen LogP contribution < -0.4 is 10.6 Å². The summed E-state index contributed by atoms with van der Waals surface area (Å²) in [7, 11) is 0. The molecule has 0 aliphatic carbocycles. The molecule has 16 heavy (non-hydrogen) atoms. The first kappa shape index (κ1) is 9.84. The van der Waals surface area contributed by atoms with Crippen molar-refractivity contribution in [3.63, 3.8) is 0 Å². The lowest BCUT2D eigenvalue weighted by Gasteiger charge is -2.19. The first-order valence-electron chi connectivity index (χ1n) is 5.86. The Morgan fingerprint density at radius 1 is 1.50 bits per heavy atom. The summed E-state index contributed by atoms with van der Waals surface area (Å²) >= 11 is 0. The van der Waals surface area contributed by atoms with Gasteiger partial charge in [-0.1, -0.05) is 0 Å². The quantitative estimate of drug-likeness (QED) is 0.649. The van der Waals surface area contributed by atoms with E-state index in [0.717, 1.165) is 49.4 Å². The van der Waals surface area contributed by atoms with E-state index in [0.29, 0.717) is 6.04 Å². The van der Waals surface area contributed by atoms with Crippen LogP contribution in [0.15, 0.2) is 0 Å². The Morgan fingerprint density at radius 3 is 3.25 bits per heavy atom. The lowest BCUT2D eigenvalue weighted by atomic mass is 10.0. The molecule has 0 spiro atoms. The highest BCUT2D eigenvalue weighted by Gasteiger charge is 2.28. The van der Waals surface area contributed by atoms with Crippen LogP contribution >= 0.6 is 0 Å². The third kappa shape index (κ3) is 1.43. The number of hydrogen-bond acceptors (Lipinski definition) is 3. The Balaban J connectivity index is 2.08. The summed E-state index contributed by atoms with van der Waals surface area (Å²) in [6.45, 7) is 4.50. The molecule has 1 amide bonds. The Kier molecular flexibility index (Phi) is 2.21. The van der Waals surface area contributed by atoms with Gasteiger partial charge in [0.2, 0.25) is 0 Å². The predicted octanol–water partition coefficient (Wildman–Crippen LogP) is 0.0508. The van der Waals surface area contributed by atoms with Gasteiger partial charge in [-0.3, -0.25) is 9.48 Å². The fourth-order valence-electron chi connectivity index (χ4n) is 2.47. The molecule has 3 heterocycles. The van der Waals surface area contributed by atoms with Crippen LogP contribution in [0.2, 0.25) is 0 Å². The number of aromatic nitrogens is 2. The van der Waals surface area contributed by atoms with Crippen LogP contribution in [0.3, 0.4) is 0 Å². The van der Waals surface area contributed by atoms with E-state index in [1.165, 1.54) is 0 Å². The van der Waals surface area contributed by atoms with Crippen molar-refractivity contribution in [1.82, 2.24) is 20.4 Å². The number of aryl methyl sites for hydroxylation is 1. The maximum Gasteiger partial charge on any atom is 0.269 e. The molecule has 2 N–H and O–H groups in total. The van der Waals surface area contributed by atoms with Gasteiger partial charge < -0.3 is 10.6 Å². The summed E-state index contributed by atoms with van der Waals surface area (Å²) in [4.78, 5) is 11.9. The molecular weight excluding hydrogens is 204 g/mol. The second-order valence-electron chi connectivity index (χ2n) is 4.59. The van der Waals surface area contributed by atoms with Gasteiger partial charge in [0.25, 0.3) is 5.91 Å². The molecule has 2 aliphatic heterocycles. The molecule has 0 unspecified atom stereocenters. The number of nitrogens with zero attached hydrogens (tertiary/aromatic N) is 2. The summed E-state index contributed by atoms with van der Waals surface area (Å²) in [6, 6.07) is 0.453. The van der Waals surface area contributed by atoms with E-state index >= 15 is 0 Å². The first-order chi connectivity index (χ1) is 7.75. The van der Waals surface area contributed by atoms with Crippen molar-refractivity contribution < 1.29 is 4.79 Å². The fourth-order valence-corrected chi connectivity index (χ4v) is 2.47. The van der Waals surface area contributed by atoms with Crippen molar-refractivity contribution in [3.05, 3.63) is 17.0 Å². The summed E-state index contributed by atoms with van der Waals surface area (Å²) in [5.41, 5.74) is 2.96.